The number of nitrogens with zero attached hydrogens (tertiary/aromatic N) is 3. The number of rotatable bonds is 9. The predicted molar refractivity (Wildman–Crippen MR) is 153 cm³/mol. The molecule has 242 valence electrons. The largest absolute Gasteiger partial charge is 0.573 e. The third kappa shape index (κ3) is 5.93. The number of hydrogen-bond donors (Lipinski definition) is 1. The molecule has 8 rings (SSSR count). The maximum atomic E-state index is 13.5. The fourth-order valence-corrected chi connectivity index (χ4v) is 7.31. The fourth-order valence-electron chi connectivity index (χ4n) is 6.33. The highest BCUT2D eigenvalue weighted by atomic mass is 32.1. The SMILES string of the molecule is O=C(O)c1ccc(-c2csc(N3[C@H]4CC(OCc5c(-c6ccccc6OC(F)(F)F)noc5C5CC5)C[C@H]3C4)n2)cc1C(F)(F)F. The van der Waals surface area contributed by atoms with Crippen LogP contribution in [0.2, 0.25) is 0 Å². The zero-order chi connectivity index (χ0) is 32.4. The summed E-state index contributed by atoms with van der Waals surface area (Å²) in [4.78, 5) is 18.0. The van der Waals surface area contributed by atoms with Crippen molar-refractivity contribution in [1.29, 1.82) is 0 Å². The first-order valence-electron chi connectivity index (χ1n) is 14.5. The van der Waals surface area contributed by atoms with Gasteiger partial charge in [-0.1, -0.05) is 23.4 Å². The molecular formula is C31H25F6N3O5S. The summed E-state index contributed by atoms with van der Waals surface area (Å²) in [5, 5.41) is 15.6. The molecule has 2 bridgehead atoms. The Balaban J connectivity index is 1.05. The lowest BCUT2D eigenvalue weighted by Gasteiger charge is -2.55. The molecule has 0 amide bonds. The molecule has 8 nitrogen and oxygen atoms in total. The first-order valence-corrected chi connectivity index (χ1v) is 15.4. The van der Waals surface area contributed by atoms with E-state index in [2.05, 4.69) is 19.8 Å². The number of halogens is 6. The van der Waals surface area contributed by atoms with E-state index in [4.69, 9.17) is 9.26 Å². The molecule has 15 heteroatoms. The number of carbonyl (C=O) groups is 1. The van der Waals surface area contributed by atoms with E-state index in [0.717, 1.165) is 31.4 Å². The van der Waals surface area contributed by atoms with Crippen LogP contribution in [0.4, 0.5) is 31.5 Å². The highest BCUT2D eigenvalue weighted by Crippen LogP contribution is 2.48. The lowest BCUT2D eigenvalue weighted by Crippen LogP contribution is -2.62. The molecule has 2 aliphatic carbocycles. The number of anilines is 1. The maximum absolute atomic E-state index is 13.5. The number of hydrogen-bond acceptors (Lipinski definition) is 8. The molecule has 2 aromatic carbocycles. The quantitative estimate of drug-likeness (QED) is 0.179. The first kappa shape index (κ1) is 30.5. The molecule has 4 fully saturated rings. The minimum atomic E-state index is -4.88. The number of fused-ring (bicyclic) bond motifs is 2. The van der Waals surface area contributed by atoms with Crippen molar-refractivity contribution in [3.05, 3.63) is 70.3 Å². The van der Waals surface area contributed by atoms with Gasteiger partial charge in [0.05, 0.1) is 29.5 Å². The molecule has 2 atom stereocenters. The molecule has 0 spiro atoms. The van der Waals surface area contributed by atoms with Crippen LogP contribution >= 0.6 is 11.3 Å². The Hall–Kier alpha value is -4.11. The molecule has 2 aromatic heterocycles. The van der Waals surface area contributed by atoms with Gasteiger partial charge in [0.2, 0.25) is 0 Å². The van der Waals surface area contributed by atoms with Gasteiger partial charge in [-0.2, -0.15) is 13.2 Å². The molecule has 0 unspecified atom stereocenters. The second-order valence-corrected chi connectivity index (χ2v) is 12.5. The molecular weight excluding hydrogens is 640 g/mol. The predicted octanol–water partition coefficient (Wildman–Crippen LogP) is 8.28. The van der Waals surface area contributed by atoms with Gasteiger partial charge in [-0.25, -0.2) is 9.78 Å². The topological polar surface area (TPSA) is 97.9 Å². The van der Waals surface area contributed by atoms with Crippen molar-refractivity contribution < 1.29 is 50.2 Å². The van der Waals surface area contributed by atoms with Crippen LogP contribution in [0.15, 0.2) is 52.4 Å². The van der Waals surface area contributed by atoms with Crippen molar-refractivity contribution in [3.63, 3.8) is 0 Å². The van der Waals surface area contributed by atoms with Gasteiger partial charge in [-0.05, 0) is 56.4 Å². The zero-order valence-electron chi connectivity index (χ0n) is 23.8. The van der Waals surface area contributed by atoms with E-state index in [9.17, 15) is 36.2 Å². The second kappa shape index (κ2) is 11.3. The van der Waals surface area contributed by atoms with Crippen LogP contribution in [-0.2, 0) is 17.5 Å². The summed E-state index contributed by atoms with van der Waals surface area (Å²) in [5.74, 6) is -1.29. The number of carboxylic acid groups (broad SMARTS) is 1. The number of alkyl halides is 6. The van der Waals surface area contributed by atoms with Crippen LogP contribution in [0.5, 0.6) is 5.75 Å². The molecule has 4 aliphatic rings. The van der Waals surface area contributed by atoms with E-state index in [0.29, 0.717) is 35.0 Å². The molecule has 2 aliphatic heterocycles. The van der Waals surface area contributed by atoms with Gasteiger partial charge in [0.15, 0.2) is 5.13 Å². The van der Waals surface area contributed by atoms with Crippen LogP contribution in [-0.4, -0.2) is 45.8 Å². The zero-order valence-corrected chi connectivity index (χ0v) is 24.6. The number of para-hydroxylation sites is 1. The monoisotopic (exact) mass is 665 g/mol. The van der Waals surface area contributed by atoms with E-state index >= 15 is 0 Å². The molecule has 46 heavy (non-hydrogen) atoms. The van der Waals surface area contributed by atoms with Gasteiger partial charge in [0.1, 0.15) is 17.2 Å². The average Bonchev–Trinajstić information content (AvgIpc) is 3.57. The smallest absolute Gasteiger partial charge is 0.478 e. The summed E-state index contributed by atoms with van der Waals surface area (Å²) in [7, 11) is 0. The van der Waals surface area contributed by atoms with Gasteiger partial charge in [-0.3, -0.25) is 0 Å². The Morgan fingerprint density at radius 1 is 1.04 bits per heavy atom. The van der Waals surface area contributed by atoms with Gasteiger partial charge < -0.3 is 24.0 Å². The molecule has 4 heterocycles. The number of piperidine rings is 1. The minimum absolute atomic E-state index is 0.0913. The van der Waals surface area contributed by atoms with Crippen LogP contribution in [0, 0.1) is 0 Å². The van der Waals surface area contributed by atoms with Crippen molar-refractivity contribution in [2.24, 2.45) is 0 Å². The molecule has 1 N–H and O–H groups in total. The number of benzene rings is 2. The van der Waals surface area contributed by atoms with Crippen LogP contribution < -0.4 is 9.64 Å². The lowest BCUT2D eigenvalue weighted by molar-refractivity contribution is -0.274. The van der Waals surface area contributed by atoms with Crippen LogP contribution in [0.3, 0.4) is 0 Å². The summed E-state index contributed by atoms with van der Waals surface area (Å²) < 4.78 is 96.1. The summed E-state index contributed by atoms with van der Waals surface area (Å²) in [6.45, 7) is 0.102. The average molecular weight is 666 g/mol. The number of thiazole rings is 1. The Bertz CT molecular complexity index is 1770. The number of carboxylic acids is 1. The summed E-state index contributed by atoms with van der Waals surface area (Å²) >= 11 is 1.30. The van der Waals surface area contributed by atoms with Crippen LogP contribution in [0.25, 0.3) is 22.5 Å². The first-order chi connectivity index (χ1) is 21.9. The Morgan fingerprint density at radius 2 is 1.78 bits per heavy atom. The molecule has 2 saturated carbocycles. The fraction of sp³-hybridized carbons (Fsp3) is 0.387. The summed E-state index contributed by atoms with van der Waals surface area (Å²) in [6.07, 6.45) is -5.86. The lowest BCUT2D eigenvalue weighted by atomic mass is 9.78. The normalized spacial score (nSPS) is 21.3. The maximum Gasteiger partial charge on any atom is 0.573 e. The standard InChI is InChI=1S/C31H25F6N3O5S/c32-30(33,34)23-9-16(7-8-20(23)28(41)42)24-14-46-29(38-24)40-17-10-18(40)12-19(11-17)43-13-22-26(39-45-27(22)15-5-6-15)21-3-1-2-4-25(21)44-31(35,36)37/h1-4,7-9,14-15,17-19H,5-6,10-13H2,(H,41,42)/t17-,18-/m1/s1. The van der Waals surface area contributed by atoms with Gasteiger partial charge in [-0.15, -0.1) is 24.5 Å². The van der Waals surface area contributed by atoms with E-state index < -0.39 is 29.6 Å². The van der Waals surface area contributed by atoms with E-state index in [-0.39, 0.29) is 53.3 Å². The Kier molecular flexibility index (Phi) is 7.50. The molecule has 4 aromatic rings. The summed E-state index contributed by atoms with van der Waals surface area (Å²) in [6, 6.07) is 9.03. The number of aromatic nitrogens is 2. The highest BCUT2D eigenvalue weighted by molar-refractivity contribution is 7.14. The van der Waals surface area contributed by atoms with Crippen LogP contribution in [0.1, 0.15) is 65.3 Å². The number of ether oxygens (including phenoxy) is 2. The van der Waals surface area contributed by atoms with Crippen molar-refractivity contribution in [2.75, 3.05) is 4.90 Å². The van der Waals surface area contributed by atoms with E-state index in [1.807, 2.05) is 0 Å². The van der Waals surface area contributed by atoms with Gasteiger partial charge in [0.25, 0.3) is 0 Å². The highest BCUT2D eigenvalue weighted by Gasteiger charge is 2.47. The van der Waals surface area contributed by atoms with E-state index in [1.165, 1.54) is 35.6 Å². The Labute approximate surface area is 261 Å². The van der Waals surface area contributed by atoms with Crippen molar-refractivity contribution in [1.82, 2.24) is 10.1 Å². The molecule has 0 radical (unpaired) electrons. The third-order valence-electron chi connectivity index (χ3n) is 8.56. The minimum Gasteiger partial charge on any atom is -0.478 e. The third-order valence-corrected chi connectivity index (χ3v) is 9.42. The van der Waals surface area contributed by atoms with E-state index in [1.54, 1.807) is 11.4 Å². The van der Waals surface area contributed by atoms with Gasteiger partial charge in [0, 0.05) is 40.1 Å². The Morgan fingerprint density at radius 3 is 2.46 bits per heavy atom. The summed E-state index contributed by atoms with van der Waals surface area (Å²) in [5.41, 5.74) is -0.543. The second-order valence-electron chi connectivity index (χ2n) is 11.6. The van der Waals surface area contributed by atoms with Crippen molar-refractivity contribution in [3.8, 4) is 28.3 Å². The van der Waals surface area contributed by atoms with Gasteiger partial charge >= 0.3 is 18.5 Å². The molecule has 2 saturated heterocycles. The van der Waals surface area contributed by atoms with Crippen molar-refractivity contribution in [2.45, 2.75) is 75.4 Å². The number of aromatic carboxylic acids is 1. The van der Waals surface area contributed by atoms with Crippen molar-refractivity contribution >= 4 is 22.4 Å².